The molecule has 0 fully saturated rings. The molecule has 8 aromatic rings. The molecule has 0 bridgehead atoms. The van der Waals surface area contributed by atoms with E-state index < -0.39 is 0 Å². The van der Waals surface area contributed by atoms with Crippen LogP contribution >= 0.6 is 11.3 Å². The number of amidine groups is 1. The van der Waals surface area contributed by atoms with Crippen molar-refractivity contribution in [2.75, 3.05) is 0 Å². The van der Waals surface area contributed by atoms with Gasteiger partial charge in [0.05, 0.1) is 11.0 Å². The van der Waals surface area contributed by atoms with Crippen LogP contribution in [0.5, 0.6) is 0 Å². The Morgan fingerprint density at radius 1 is 0.706 bits per heavy atom. The Morgan fingerprint density at radius 2 is 1.45 bits per heavy atom. The summed E-state index contributed by atoms with van der Waals surface area (Å²) in [5.74, 6) is 0.952. The lowest BCUT2D eigenvalue weighted by atomic mass is 9.75. The molecule has 3 aliphatic rings. The maximum atomic E-state index is 5.61. The number of nitrogens with zero attached hydrogens (tertiary/aromatic N) is 2. The van der Waals surface area contributed by atoms with Gasteiger partial charge in [0.1, 0.15) is 11.9 Å². The van der Waals surface area contributed by atoms with Crippen LogP contribution in [0.4, 0.5) is 0 Å². The van der Waals surface area contributed by atoms with Crippen LogP contribution < -0.4 is 5.32 Å². The van der Waals surface area contributed by atoms with Crippen LogP contribution in [-0.2, 0) is 0 Å². The van der Waals surface area contributed by atoms with E-state index in [1.165, 1.54) is 80.7 Å². The molecule has 0 radical (unpaired) electrons. The van der Waals surface area contributed by atoms with Crippen molar-refractivity contribution in [2.45, 2.75) is 32.7 Å². The summed E-state index contributed by atoms with van der Waals surface area (Å²) in [6.45, 7) is 4.77. The second kappa shape index (κ2) is 10.6. The molecule has 1 atom stereocenters. The Labute approximate surface area is 300 Å². The Bertz CT molecular complexity index is 2910. The molecule has 2 aliphatic carbocycles. The third-order valence-electron chi connectivity index (χ3n) is 11.5. The van der Waals surface area contributed by atoms with Gasteiger partial charge in [-0.3, -0.25) is 4.99 Å². The van der Waals surface area contributed by atoms with Crippen molar-refractivity contribution in [3.05, 3.63) is 173 Å². The summed E-state index contributed by atoms with van der Waals surface area (Å²) < 4.78 is 5.06. The van der Waals surface area contributed by atoms with Crippen LogP contribution in [0, 0.1) is 5.41 Å². The third kappa shape index (κ3) is 4.20. The molecule has 0 spiro atoms. The topological polar surface area (TPSA) is 29.3 Å². The summed E-state index contributed by atoms with van der Waals surface area (Å²) in [5, 5.41) is 11.6. The van der Waals surface area contributed by atoms with E-state index in [9.17, 15) is 0 Å². The molecule has 0 saturated heterocycles. The van der Waals surface area contributed by atoms with E-state index in [-0.39, 0.29) is 11.5 Å². The zero-order chi connectivity index (χ0) is 33.8. The van der Waals surface area contributed by atoms with E-state index in [1.807, 2.05) is 11.3 Å². The van der Waals surface area contributed by atoms with E-state index in [0.717, 1.165) is 29.9 Å². The fourth-order valence-corrected chi connectivity index (χ4v) is 10.2. The number of benzene rings is 6. The number of thiophene rings is 1. The number of hydrogen-bond donors (Lipinski definition) is 1. The quantitative estimate of drug-likeness (QED) is 0.199. The molecule has 3 heterocycles. The zero-order valence-electron chi connectivity index (χ0n) is 28.6. The molecular weight excluding hydrogens is 639 g/mol. The number of nitrogens with one attached hydrogen (secondary N) is 1. The molecule has 0 amide bonds. The SMILES string of the molecule is CC1(C)C2=C(CCC=C2)C2=C1C(c1ccc(-n3c4ccccc4c4cc5ccccc5cc43)cc1)N=C(c1ccc3sc4ccccc4c3c1)N2. The van der Waals surface area contributed by atoms with E-state index in [1.54, 1.807) is 0 Å². The molecule has 1 N–H and O–H groups in total. The fourth-order valence-electron chi connectivity index (χ4n) is 9.10. The smallest absolute Gasteiger partial charge is 0.133 e. The summed E-state index contributed by atoms with van der Waals surface area (Å²) in [4.78, 5) is 5.61. The average molecular weight is 674 g/mol. The summed E-state index contributed by atoms with van der Waals surface area (Å²) >= 11 is 1.86. The minimum atomic E-state index is -0.131. The highest BCUT2D eigenvalue weighted by molar-refractivity contribution is 7.25. The van der Waals surface area contributed by atoms with Crippen molar-refractivity contribution in [2.24, 2.45) is 10.4 Å². The second-order valence-electron chi connectivity index (χ2n) is 14.7. The van der Waals surface area contributed by atoms with E-state index in [0.29, 0.717) is 0 Å². The average Bonchev–Trinajstić information content (AvgIpc) is 3.78. The largest absolute Gasteiger partial charge is 0.340 e. The lowest BCUT2D eigenvalue weighted by molar-refractivity contribution is 0.508. The Hall–Kier alpha value is -5.71. The minimum absolute atomic E-state index is 0.101. The van der Waals surface area contributed by atoms with E-state index in [2.05, 4.69) is 163 Å². The molecular formula is C47H35N3S. The number of aromatic nitrogens is 1. The number of allylic oxidation sites excluding steroid dienone is 4. The Kier molecular flexibility index (Phi) is 6.07. The van der Waals surface area contributed by atoms with Crippen LogP contribution in [0.15, 0.2) is 167 Å². The van der Waals surface area contributed by atoms with Gasteiger partial charge in [-0.25, -0.2) is 0 Å². The fraction of sp³-hybridized carbons (Fsp3) is 0.128. The van der Waals surface area contributed by atoms with Crippen molar-refractivity contribution in [1.29, 1.82) is 0 Å². The zero-order valence-corrected chi connectivity index (χ0v) is 29.4. The first-order valence-electron chi connectivity index (χ1n) is 18.0. The summed E-state index contributed by atoms with van der Waals surface area (Å²) in [7, 11) is 0. The van der Waals surface area contributed by atoms with Gasteiger partial charge in [-0.05, 0) is 100 Å². The van der Waals surface area contributed by atoms with Crippen molar-refractivity contribution in [1.82, 2.24) is 9.88 Å². The number of para-hydroxylation sites is 1. The maximum absolute atomic E-state index is 5.61. The first kappa shape index (κ1) is 29.1. The molecule has 4 heteroatoms. The van der Waals surface area contributed by atoms with Gasteiger partial charge in [0.2, 0.25) is 0 Å². The summed E-state index contributed by atoms with van der Waals surface area (Å²) in [6.07, 6.45) is 6.83. The standard InChI is InChI=1S/C47H35N3S/c1-47(2)38-16-8-5-15-35(38)45-43(47)44(48-46(49-45)31-21-24-42-37(26-31)34-14-7-10-18-41(34)51-42)28-19-22-32(23-20-28)50-39-17-9-6-13-33(39)36-25-29-11-3-4-12-30(29)27-40(36)50/h3-4,6-14,16-27,44H,5,15H2,1-2H3,(H,48,49). The van der Waals surface area contributed by atoms with Crippen molar-refractivity contribution >= 4 is 69.9 Å². The molecule has 2 aromatic heterocycles. The highest BCUT2D eigenvalue weighted by atomic mass is 32.1. The van der Waals surface area contributed by atoms with Gasteiger partial charge in [-0.1, -0.05) is 98.8 Å². The van der Waals surface area contributed by atoms with Gasteiger partial charge >= 0.3 is 0 Å². The van der Waals surface area contributed by atoms with Gasteiger partial charge in [0.15, 0.2) is 0 Å². The molecule has 11 rings (SSSR count). The summed E-state index contributed by atoms with van der Waals surface area (Å²) in [5.41, 5.74) is 11.4. The van der Waals surface area contributed by atoms with Gasteiger partial charge < -0.3 is 9.88 Å². The number of rotatable bonds is 3. The van der Waals surface area contributed by atoms with Gasteiger partial charge in [-0.2, -0.15) is 0 Å². The molecule has 6 aromatic carbocycles. The van der Waals surface area contributed by atoms with Crippen molar-refractivity contribution in [3.8, 4) is 5.69 Å². The van der Waals surface area contributed by atoms with Gasteiger partial charge in [-0.15, -0.1) is 11.3 Å². The number of hydrogen-bond acceptors (Lipinski definition) is 3. The predicted molar refractivity (Wildman–Crippen MR) is 216 cm³/mol. The predicted octanol–water partition coefficient (Wildman–Crippen LogP) is 12.3. The molecule has 3 nitrogen and oxygen atoms in total. The number of fused-ring (bicyclic) bond motifs is 8. The third-order valence-corrected chi connectivity index (χ3v) is 12.7. The Balaban J connectivity index is 1.07. The maximum Gasteiger partial charge on any atom is 0.133 e. The minimum Gasteiger partial charge on any atom is -0.340 e. The van der Waals surface area contributed by atoms with Crippen LogP contribution in [0.25, 0.3) is 58.4 Å². The van der Waals surface area contributed by atoms with Crippen molar-refractivity contribution < 1.29 is 0 Å². The van der Waals surface area contributed by atoms with Gasteiger partial charge in [0, 0.05) is 53.3 Å². The van der Waals surface area contributed by atoms with E-state index in [4.69, 9.17) is 4.99 Å². The molecule has 1 aliphatic heterocycles. The second-order valence-corrected chi connectivity index (χ2v) is 15.8. The normalized spacial score (nSPS) is 18.2. The summed E-state index contributed by atoms with van der Waals surface area (Å²) in [6, 6.07) is 46.9. The lowest BCUT2D eigenvalue weighted by Crippen LogP contribution is -2.33. The molecule has 1 unspecified atom stereocenters. The lowest BCUT2D eigenvalue weighted by Gasteiger charge is -2.33. The first-order valence-corrected chi connectivity index (χ1v) is 18.8. The number of aliphatic imine (C=N–C) groups is 1. The van der Waals surface area contributed by atoms with Crippen LogP contribution in [0.2, 0.25) is 0 Å². The van der Waals surface area contributed by atoms with Gasteiger partial charge in [0.25, 0.3) is 0 Å². The molecule has 0 saturated carbocycles. The van der Waals surface area contributed by atoms with Crippen LogP contribution in [-0.4, -0.2) is 10.4 Å². The highest BCUT2D eigenvalue weighted by Crippen LogP contribution is 2.55. The highest BCUT2D eigenvalue weighted by Gasteiger charge is 2.45. The monoisotopic (exact) mass is 673 g/mol. The Morgan fingerprint density at radius 3 is 2.31 bits per heavy atom. The van der Waals surface area contributed by atoms with Crippen LogP contribution in [0.3, 0.4) is 0 Å². The van der Waals surface area contributed by atoms with Crippen molar-refractivity contribution in [3.63, 3.8) is 0 Å². The molecule has 51 heavy (non-hydrogen) atoms. The molecule has 244 valence electrons. The first-order chi connectivity index (χ1) is 25.0. The van der Waals surface area contributed by atoms with E-state index >= 15 is 0 Å². The van der Waals surface area contributed by atoms with Crippen LogP contribution in [0.1, 0.15) is 43.9 Å².